The molecule has 0 aliphatic rings. The van der Waals surface area contributed by atoms with E-state index >= 15 is 0 Å². The van der Waals surface area contributed by atoms with Crippen LogP contribution in [-0.2, 0) is 0 Å². The zero-order valence-electron chi connectivity index (χ0n) is 10.1. The summed E-state index contributed by atoms with van der Waals surface area (Å²) >= 11 is 0. The fraction of sp³-hybridized carbons (Fsp3) is 0.357. The number of hydrogen-bond donors (Lipinski definition) is 1. The molecule has 0 aliphatic carbocycles. The minimum Gasteiger partial charge on any atom is -0.383 e. The van der Waals surface area contributed by atoms with Gasteiger partial charge in [-0.15, -0.1) is 0 Å². The van der Waals surface area contributed by atoms with Gasteiger partial charge in [0.1, 0.15) is 5.82 Å². The molecule has 1 atom stereocenters. The van der Waals surface area contributed by atoms with Crippen LogP contribution in [0.15, 0.2) is 24.3 Å². The summed E-state index contributed by atoms with van der Waals surface area (Å²) in [6, 6.07) is 8.58. The predicted molar refractivity (Wildman–Crippen MR) is 69.6 cm³/mol. The second kappa shape index (κ2) is 4.12. The molecule has 0 radical (unpaired) electrons. The highest BCUT2D eigenvalue weighted by molar-refractivity contribution is 5.91. The molecule has 0 saturated heterocycles. The van der Waals surface area contributed by atoms with Gasteiger partial charge in [0.15, 0.2) is 0 Å². The Morgan fingerprint density at radius 2 is 2.06 bits per heavy atom. The number of anilines is 1. The van der Waals surface area contributed by atoms with Gasteiger partial charge in [0, 0.05) is 11.1 Å². The molecule has 0 saturated carbocycles. The number of nitrogens with zero attached hydrogens (tertiary/aromatic N) is 1. The highest BCUT2D eigenvalue weighted by Gasteiger charge is 2.06. The highest BCUT2D eigenvalue weighted by Crippen LogP contribution is 2.26. The second-order valence-electron chi connectivity index (χ2n) is 4.44. The lowest BCUT2D eigenvalue weighted by molar-refractivity contribution is 0.735. The Hall–Kier alpha value is -1.57. The lowest BCUT2D eigenvalue weighted by atomic mass is 9.96. The number of nitrogen functional groups attached to an aromatic ring is 1. The molecular weight excluding hydrogens is 196 g/mol. The second-order valence-corrected chi connectivity index (χ2v) is 4.44. The van der Waals surface area contributed by atoms with Crippen LogP contribution in [0.5, 0.6) is 0 Å². The third kappa shape index (κ3) is 1.87. The summed E-state index contributed by atoms with van der Waals surface area (Å²) in [6.07, 6.45) is 1.14. The molecule has 1 unspecified atom stereocenters. The number of fused-ring (bicyclic) bond motifs is 1. The van der Waals surface area contributed by atoms with Crippen LogP contribution in [0.1, 0.15) is 37.4 Å². The molecule has 2 rings (SSSR count). The van der Waals surface area contributed by atoms with E-state index in [-0.39, 0.29) is 0 Å². The van der Waals surface area contributed by atoms with E-state index in [1.165, 1.54) is 10.9 Å². The van der Waals surface area contributed by atoms with Crippen molar-refractivity contribution >= 4 is 16.6 Å². The van der Waals surface area contributed by atoms with Crippen LogP contribution >= 0.6 is 0 Å². The van der Waals surface area contributed by atoms with E-state index in [1.807, 2.05) is 6.92 Å². The van der Waals surface area contributed by atoms with Crippen LogP contribution in [0.25, 0.3) is 10.8 Å². The molecule has 2 aromatic rings. The normalized spacial score (nSPS) is 12.9. The molecule has 0 fully saturated rings. The van der Waals surface area contributed by atoms with Crippen molar-refractivity contribution in [2.24, 2.45) is 0 Å². The average Bonchev–Trinajstić information content (AvgIpc) is 2.27. The number of benzene rings is 1. The van der Waals surface area contributed by atoms with Crippen molar-refractivity contribution in [3.8, 4) is 0 Å². The van der Waals surface area contributed by atoms with E-state index in [9.17, 15) is 0 Å². The van der Waals surface area contributed by atoms with Crippen molar-refractivity contribution in [2.75, 3.05) is 5.73 Å². The predicted octanol–water partition coefficient (Wildman–Crippen LogP) is 3.64. The first-order chi connectivity index (χ1) is 7.61. The summed E-state index contributed by atoms with van der Waals surface area (Å²) in [5, 5.41) is 2.25. The molecule has 16 heavy (non-hydrogen) atoms. The van der Waals surface area contributed by atoms with Crippen LogP contribution in [0.4, 0.5) is 5.82 Å². The average molecular weight is 214 g/mol. The first kappa shape index (κ1) is 10.9. The third-order valence-corrected chi connectivity index (χ3v) is 3.20. The summed E-state index contributed by atoms with van der Waals surface area (Å²) in [6.45, 7) is 6.41. The van der Waals surface area contributed by atoms with Gasteiger partial charge >= 0.3 is 0 Å². The lowest BCUT2D eigenvalue weighted by Crippen LogP contribution is -1.96. The number of pyridine rings is 1. The van der Waals surface area contributed by atoms with Crippen LogP contribution in [0.2, 0.25) is 0 Å². The third-order valence-electron chi connectivity index (χ3n) is 3.20. The highest BCUT2D eigenvalue weighted by atomic mass is 14.8. The van der Waals surface area contributed by atoms with Crippen LogP contribution in [0, 0.1) is 6.92 Å². The van der Waals surface area contributed by atoms with E-state index in [0.29, 0.717) is 11.7 Å². The zero-order chi connectivity index (χ0) is 11.7. The quantitative estimate of drug-likeness (QED) is 0.829. The van der Waals surface area contributed by atoms with Gasteiger partial charge in [-0.25, -0.2) is 4.98 Å². The van der Waals surface area contributed by atoms with Gasteiger partial charge in [0.05, 0.1) is 0 Å². The molecule has 2 nitrogen and oxygen atoms in total. The van der Waals surface area contributed by atoms with Crippen LogP contribution < -0.4 is 5.73 Å². The maximum absolute atomic E-state index is 5.96. The molecule has 1 aromatic heterocycles. The van der Waals surface area contributed by atoms with E-state index in [0.717, 1.165) is 17.5 Å². The Kier molecular flexibility index (Phi) is 2.82. The Morgan fingerprint density at radius 1 is 1.31 bits per heavy atom. The first-order valence-corrected chi connectivity index (χ1v) is 5.78. The lowest BCUT2D eigenvalue weighted by Gasteiger charge is -2.11. The van der Waals surface area contributed by atoms with Crippen molar-refractivity contribution in [3.05, 3.63) is 35.5 Å². The van der Waals surface area contributed by atoms with Gasteiger partial charge in [-0.05, 0) is 42.3 Å². The number of rotatable bonds is 2. The number of aromatic nitrogens is 1. The first-order valence-electron chi connectivity index (χ1n) is 5.78. The molecule has 1 heterocycles. The number of aryl methyl sites for hydroxylation is 1. The maximum Gasteiger partial charge on any atom is 0.131 e. The van der Waals surface area contributed by atoms with Crippen molar-refractivity contribution < 1.29 is 0 Å². The van der Waals surface area contributed by atoms with Crippen LogP contribution in [-0.4, -0.2) is 4.98 Å². The number of nitrogens with two attached hydrogens (primary N) is 1. The maximum atomic E-state index is 5.96. The van der Waals surface area contributed by atoms with Crippen molar-refractivity contribution in [2.45, 2.75) is 33.1 Å². The Balaban J connectivity index is 2.62. The fourth-order valence-electron chi connectivity index (χ4n) is 1.97. The Bertz CT molecular complexity index is 517. The molecule has 1 aromatic carbocycles. The topological polar surface area (TPSA) is 38.9 Å². The molecule has 2 N–H and O–H groups in total. The largest absolute Gasteiger partial charge is 0.383 e. The number of hydrogen-bond acceptors (Lipinski definition) is 2. The minimum absolute atomic E-state index is 0.574. The van der Waals surface area contributed by atoms with Crippen molar-refractivity contribution in [1.82, 2.24) is 4.98 Å². The van der Waals surface area contributed by atoms with Gasteiger partial charge in [-0.2, -0.15) is 0 Å². The van der Waals surface area contributed by atoms with E-state index in [2.05, 4.69) is 43.1 Å². The molecule has 0 amide bonds. The van der Waals surface area contributed by atoms with E-state index in [4.69, 9.17) is 5.73 Å². The fourth-order valence-corrected chi connectivity index (χ4v) is 1.97. The minimum atomic E-state index is 0.574. The van der Waals surface area contributed by atoms with E-state index < -0.39 is 0 Å². The smallest absolute Gasteiger partial charge is 0.131 e. The molecule has 84 valence electrons. The van der Waals surface area contributed by atoms with Crippen molar-refractivity contribution in [3.63, 3.8) is 0 Å². The zero-order valence-corrected chi connectivity index (χ0v) is 10.1. The molecule has 0 spiro atoms. The standard InChI is InChI=1S/C14H18N2/c1-4-9(2)11-5-6-12-7-10(3)16-14(15)13(12)8-11/h5-9H,4H2,1-3H3,(H2,15,16). The summed E-state index contributed by atoms with van der Waals surface area (Å²) in [4.78, 5) is 4.31. The van der Waals surface area contributed by atoms with Gasteiger partial charge < -0.3 is 5.73 Å². The molecule has 0 bridgehead atoms. The molecular formula is C14H18N2. The monoisotopic (exact) mass is 214 g/mol. The SMILES string of the molecule is CCC(C)c1ccc2cc(C)nc(N)c2c1. The Labute approximate surface area is 96.5 Å². The van der Waals surface area contributed by atoms with Crippen molar-refractivity contribution in [1.29, 1.82) is 0 Å². The summed E-state index contributed by atoms with van der Waals surface area (Å²) in [5.41, 5.74) is 8.27. The van der Waals surface area contributed by atoms with Gasteiger partial charge in [0.2, 0.25) is 0 Å². The summed E-state index contributed by atoms with van der Waals surface area (Å²) < 4.78 is 0. The molecule has 0 aliphatic heterocycles. The van der Waals surface area contributed by atoms with Gasteiger partial charge in [-0.1, -0.05) is 26.0 Å². The molecule has 2 heteroatoms. The van der Waals surface area contributed by atoms with Gasteiger partial charge in [0.25, 0.3) is 0 Å². The van der Waals surface area contributed by atoms with Gasteiger partial charge in [-0.3, -0.25) is 0 Å². The summed E-state index contributed by atoms with van der Waals surface area (Å²) in [5.74, 6) is 1.21. The Morgan fingerprint density at radius 3 is 2.75 bits per heavy atom. The summed E-state index contributed by atoms with van der Waals surface area (Å²) in [7, 11) is 0. The van der Waals surface area contributed by atoms with E-state index in [1.54, 1.807) is 0 Å². The van der Waals surface area contributed by atoms with Crippen LogP contribution in [0.3, 0.4) is 0 Å².